The minimum Gasteiger partial charge on any atom is -0.396 e. The Morgan fingerprint density at radius 3 is 3.12 bits per heavy atom. The van der Waals surface area contributed by atoms with Gasteiger partial charge < -0.3 is 14.6 Å². The summed E-state index contributed by atoms with van der Waals surface area (Å²) >= 11 is 0. The average Bonchev–Trinajstić information content (AvgIpc) is 2.78. The van der Waals surface area contributed by atoms with E-state index in [2.05, 4.69) is 12.1 Å². The molecule has 0 radical (unpaired) electrons. The molecule has 16 heavy (non-hydrogen) atoms. The van der Waals surface area contributed by atoms with Gasteiger partial charge in [-0.25, -0.2) is 0 Å². The third-order valence-electron chi connectivity index (χ3n) is 3.04. The molecule has 2 rings (SSSR count). The fraction of sp³-hybridized carbons (Fsp3) is 0.538. The molecule has 0 aromatic heterocycles. The van der Waals surface area contributed by atoms with Crippen molar-refractivity contribution in [3.8, 4) is 0 Å². The highest BCUT2D eigenvalue weighted by atomic mass is 16.5. The van der Waals surface area contributed by atoms with Gasteiger partial charge in [-0.15, -0.1) is 0 Å². The molecule has 1 N–H and O–H groups in total. The summed E-state index contributed by atoms with van der Waals surface area (Å²) in [6.07, 6.45) is 0.983. The van der Waals surface area contributed by atoms with Gasteiger partial charge in [-0.1, -0.05) is 24.3 Å². The van der Waals surface area contributed by atoms with Crippen LogP contribution in [0.3, 0.4) is 0 Å². The zero-order chi connectivity index (χ0) is 11.4. The van der Waals surface area contributed by atoms with E-state index in [0.29, 0.717) is 6.61 Å². The summed E-state index contributed by atoms with van der Waals surface area (Å²) in [4.78, 5) is 0. The third kappa shape index (κ3) is 2.43. The van der Waals surface area contributed by atoms with Crippen molar-refractivity contribution in [2.75, 3.05) is 20.3 Å². The monoisotopic (exact) mass is 222 g/mol. The standard InChI is InChI=1S/C13H18O3/c1-15-9-10-3-2-4-11(7-10)13-12(8-14)5-6-16-13/h2-4,7,12-14H,5-6,8-9H2,1H3. The van der Waals surface area contributed by atoms with Gasteiger partial charge in [0.15, 0.2) is 0 Å². The molecule has 1 heterocycles. The van der Waals surface area contributed by atoms with Crippen LogP contribution in [0.15, 0.2) is 24.3 Å². The summed E-state index contributed by atoms with van der Waals surface area (Å²) in [6.45, 7) is 1.55. The van der Waals surface area contributed by atoms with Crippen LogP contribution in [-0.2, 0) is 16.1 Å². The summed E-state index contributed by atoms with van der Waals surface area (Å²) < 4.78 is 10.8. The van der Waals surface area contributed by atoms with Crippen molar-refractivity contribution in [3.63, 3.8) is 0 Å². The first-order chi connectivity index (χ1) is 7.85. The Hall–Kier alpha value is -0.900. The van der Waals surface area contributed by atoms with Crippen molar-refractivity contribution in [1.29, 1.82) is 0 Å². The van der Waals surface area contributed by atoms with Gasteiger partial charge in [0.05, 0.1) is 12.7 Å². The van der Waals surface area contributed by atoms with Crippen LogP contribution in [0.1, 0.15) is 23.7 Å². The second-order valence-electron chi connectivity index (χ2n) is 4.20. The Labute approximate surface area is 96.0 Å². The minimum absolute atomic E-state index is 0.0433. The smallest absolute Gasteiger partial charge is 0.0875 e. The van der Waals surface area contributed by atoms with E-state index < -0.39 is 0 Å². The van der Waals surface area contributed by atoms with E-state index in [-0.39, 0.29) is 18.6 Å². The second kappa shape index (κ2) is 5.43. The topological polar surface area (TPSA) is 38.7 Å². The maximum atomic E-state index is 9.27. The Kier molecular flexibility index (Phi) is 3.93. The van der Waals surface area contributed by atoms with Crippen LogP contribution in [0.25, 0.3) is 0 Å². The molecule has 2 atom stereocenters. The van der Waals surface area contributed by atoms with Crippen molar-refractivity contribution in [3.05, 3.63) is 35.4 Å². The molecule has 2 unspecified atom stereocenters. The van der Waals surface area contributed by atoms with E-state index in [1.807, 2.05) is 12.1 Å². The third-order valence-corrected chi connectivity index (χ3v) is 3.04. The van der Waals surface area contributed by atoms with Gasteiger partial charge in [0.25, 0.3) is 0 Å². The van der Waals surface area contributed by atoms with Crippen LogP contribution < -0.4 is 0 Å². The zero-order valence-corrected chi connectivity index (χ0v) is 9.56. The number of ether oxygens (including phenoxy) is 2. The first-order valence-electron chi connectivity index (χ1n) is 5.65. The van der Waals surface area contributed by atoms with Gasteiger partial charge in [0, 0.05) is 26.2 Å². The molecule has 0 saturated carbocycles. The van der Waals surface area contributed by atoms with E-state index >= 15 is 0 Å². The molecule has 1 aromatic rings. The Morgan fingerprint density at radius 1 is 1.50 bits per heavy atom. The Balaban J connectivity index is 2.16. The molecular weight excluding hydrogens is 204 g/mol. The van der Waals surface area contributed by atoms with Crippen LogP contribution in [0.4, 0.5) is 0 Å². The molecule has 0 bridgehead atoms. The molecule has 0 amide bonds. The molecule has 1 aliphatic rings. The SMILES string of the molecule is COCc1cccc(C2OCCC2CO)c1. The van der Waals surface area contributed by atoms with Crippen molar-refractivity contribution >= 4 is 0 Å². The number of hydrogen-bond acceptors (Lipinski definition) is 3. The summed E-state index contributed by atoms with van der Waals surface area (Å²) in [6, 6.07) is 8.20. The number of hydrogen-bond donors (Lipinski definition) is 1. The molecule has 0 spiro atoms. The quantitative estimate of drug-likeness (QED) is 0.845. The lowest BCUT2D eigenvalue weighted by Crippen LogP contribution is -2.11. The minimum atomic E-state index is 0.0433. The highest BCUT2D eigenvalue weighted by molar-refractivity contribution is 5.25. The van der Waals surface area contributed by atoms with Crippen molar-refractivity contribution in [1.82, 2.24) is 0 Å². The summed E-state index contributed by atoms with van der Waals surface area (Å²) in [7, 11) is 1.69. The highest BCUT2D eigenvalue weighted by Crippen LogP contribution is 2.34. The van der Waals surface area contributed by atoms with Gasteiger partial charge in [-0.05, 0) is 17.5 Å². The summed E-state index contributed by atoms with van der Waals surface area (Å²) in [5.41, 5.74) is 2.29. The molecule has 1 aromatic carbocycles. The second-order valence-corrected chi connectivity index (χ2v) is 4.20. The summed E-state index contributed by atoms with van der Waals surface area (Å²) in [5.74, 6) is 0.234. The molecule has 1 fully saturated rings. The van der Waals surface area contributed by atoms with E-state index in [0.717, 1.165) is 24.2 Å². The lowest BCUT2D eigenvalue weighted by Gasteiger charge is -2.17. The van der Waals surface area contributed by atoms with Gasteiger partial charge in [-0.2, -0.15) is 0 Å². The first kappa shape index (κ1) is 11.6. The number of aliphatic hydroxyl groups is 1. The molecule has 3 nitrogen and oxygen atoms in total. The predicted octanol–water partition coefficient (Wildman–Crippen LogP) is 1.90. The number of rotatable bonds is 4. The fourth-order valence-electron chi connectivity index (χ4n) is 2.22. The lowest BCUT2D eigenvalue weighted by molar-refractivity contribution is 0.0718. The number of aliphatic hydroxyl groups excluding tert-OH is 1. The molecular formula is C13H18O3. The maximum absolute atomic E-state index is 9.27. The highest BCUT2D eigenvalue weighted by Gasteiger charge is 2.28. The van der Waals surface area contributed by atoms with Gasteiger partial charge in [0.2, 0.25) is 0 Å². The predicted molar refractivity (Wildman–Crippen MR) is 61.0 cm³/mol. The number of methoxy groups -OCH3 is 1. The van der Waals surface area contributed by atoms with Gasteiger partial charge in [-0.3, -0.25) is 0 Å². The van der Waals surface area contributed by atoms with Crippen molar-refractivity contribution in [2.24, 2.45) is 5.92 Å². The lowest BCUT2D eigenvalue weighted by atomic mass is 9.95. The van der Waals surface area contributed by atoms with Crippen molar-refractivity contribution in [2.45, 2.75) is 19.1 Å². The average molecular weight is 222 g/mol. The first-order valence-corrected chi connectivity index (χ1v) is 5.65. The molecule has 88 valence electrons. The van der Waals surface area contributed by atoms with Crippen LogP contribution in [0.5, 0.6) is 0 Å². The normalized spacial score (nSPS) is 24.9. The van der Waals surface area contributed by atoms with E-state index in [1.54, 1.807) is 7.11 Å². The molecule has 1 aliphatic heterocycles. The summed E-state index contributed by atoms with van der Waals surface area (Å²) in [5, 5.41) is 9.27. The Morgan fingerprint density at radius 2 is 2.38 bits per heavy atom. The molecule has 1 saturated heterocycles. The van der Waals surface area contributed by atoms with Crippen LogP contribution in [-0.4, -0.2) is 25.4 Å². The van der Waals surface area contributed by atoms with Gasteiger partial charge in [0.1, 0.15) is 0 Å². The van der Waals surface area contributed by atoms with E-state index in [4.69, 9.17) is 9.47 Å². The molecule has 0 aliphatic carbocycles. The van der Waals surface area contributed by atoms with Crippen LogP contribution in [0, 0.1) is 5.92 Å². The van der Waals surface area contributed by atoms with Gasteiger partial charge >= 0.3 is 0 Å². The zero-order valence-electron chi connectivity index (χ0n) is 9.56. The fourth-order valence-corrected chi connectivity index (χ4v) is 2.22. The van der Waals surface area contributed by atoms with Crippen LogP contribution in [0.2, 0.25) is 0 Å². The van der Waals surface area contributed by atoms with Crippen molar-refractivity contribution < 1.29 is 14.6 Å². The maximum Gasteiger partial charge on any atom is 0.0875 e. The van der Waals surface area contributed by atoms with E-state index in [1.165, 1.54) is 0 Å². The van der Waals surface area contributed by atoms with Crippen LogP contribution >= 0.6 is 0 Å². The largest absolute Gasteiger partial charge is 0.396 e. The Bertz CT molecular complexity index is 338. The number of benzene rings is 1. The molecule has 3 heteroatoms. The van der Waals surface area contributed by atoms with E-state index in [9.17, 15) is 5.11 Å².